The van der Waals surface area contributed by atoms with E-state index in [1.54, 1.807) is 12.1 Å². The van der Waals surface area contributed by atoms with Crippen molar-refractivity contribution < 1.29 is 17.1 Å². The molecule has 1 aromatic rings. The fraction of sp³-hybridized carbons (Fsp3) is 0.417. The second kappa shape index (κ2) is 4.68. The van der Waals surface area contributed by atoms with Crippen LogP contribution >= 0.6 is 0 Å². The number of hydrogen-bond acceptors (Lipinski definition) is 3. The molecule has 98 valence electrons. The van der Waals surface area contributed by atoms with Gasteiger partial charge >= 0.3 is 10.2 Å². The van der Waals surface area contributed by atoms with Crippen molar-refractivity contribution in [3.63, 3.8) is 0 Å². The Morgan fingerprint density at radius 1 is 1.44 bits per heavy atom. The van der Waals surface area contributed by atoms with Crippen LogP contribution in [0.1, 0.15) is 18.9 Å². The minimum atomic E-state index is -4.65. The molecule has 0 aliphatic carbocycles. The number of benzene rings is 1. The summed E-state index contributed by atoms with van der Waals surface area (Å²) < 4.78 is 34.6. The van der Waals surface area contributed by atoms with Crippen molar-refractivity contribution >= 4 is 21.8 Å². The summed E-state index contributed by atoms with van der Waals surface area (Å²) in [7, 11) is -4.65. The van der Waals surface area contributed by atoms with E-state index in [0.717, 1.165) is 12.0 Å². The van der Waals surface area contributed by atoms with Crippen LogP contribution in [0, 0.1) is 0 Å². The minimum absolute atomic E-state index is 0.106. The van der Waals surface area contributed by atoms with Gasteiger partial charge in [0.05, 0.1) is 0 Å². The van der Waals surface area contributed by atoms with Crippen molar-refractivity contribution in [2.75, 3.05) is 11.4 Å². The lowest BCUT2D eigenvalue weighted by molar-refractivity contribution is -0.117. The number of nitrogens with zero attached hydrogens (tertiary/aromatic N) is 1. The molecule has 0 N–H and O–H groups in total. The number of aryl methyl sites for hydroxylation is 1. The summed E-state index contributed by atoms with van der Waals surface area (Å²) in [5, 5.41) is -1.24. The largest absolute Gasteiger partial charge is 0.311 e. The number of anilines is 1. The van der Waals surface area contributed by atoms with Crippen molar-refractivity contribution in [3.8, 4) is 0 Å². The van der Waals surface area contributed by atoms with Gasteiger partial charge < -0.3 is 4.90 Å². The maximum absolute atomic E-state index is 12.9. The molecule has 1 aliphatic rings. The first kappa shape index (κ1) is 13.0. The van der Waals surface area contributed by atoms with E-state index in [1.807, 2.05) is 19.1 Å². The van der Waals surface area contributed by atoms with Crippen LogP contribution in [0.3, 0.4) is 0 Å². The lowest BCUT2D eigenvalue weighted by atomic mass is 10.1. The molecular formula is C12H14FNO3S. The Kier molecular flexibility index (Phi) is 3.38. The normalized spacial score (nSPS) is 20.4. The van der Waals surface area contributed by atoms with Gasteiger partial charge in [-0.15, -0.1) is 3.89 Å². The predicted octanol–water partition coefficient (Wildman–Crippen LogP) is 1.65. The standard InChI is InChI=1S/C12H14FNO3S/c1-2-9-4-3-5-10(6-9)14-8-11(7-12(14)15)18(13,16)17/h3-6,11H,2,7-8H2,1H3. The molecule has 1 atom stereocenters. The minimum Gasteiger partial charge on any atom is -0.311 e. The molecule has 0 bridgehead atoms. The third-order valence-electron chi connectivity index (χ3n) is 3.12. The average Bonchev–Trinajstić information content (AvgIpc) is 2.71. The highest BCUT2D eigenvalue weighted by Gasteiger charge is 2.38. The lowest BCUT2D eigenvalue weighted by Gasteiger charge is -2.16. The molecule has 6 heteroatoms. The Hall–Kier alpha value is -1.43. The Morgan fingerprint density at radius 3 is 2.72 bits per heavy atom. The quantitative estimate of drug-likeness (QED) is 0.786. The van der Waals surface area contributed by atoms with E-state index < -0.39 is 15.5 Å². The summed E-state index contributed by atoms with van der Waals surface area (Å²) in [5.41, 5.74) is 1.68. The van der Waals surface area contributed by atoms with E-state index in [-0.39, 0.29) is 18.9 Å². The molecule has 1 aliphatic heterocycles. The highest BCUT2D eigenvalue weighted by atomic mass is 32.3. The number of amides is 1. The second-order valence-corrected chi connectivity index (χ2v) is 5.95. The van der Waals surface area contributed by atoms with Crippen molar-refractivity contribution in [2.24, 2.45) is 0 Å². The monoisotopic (exact) mass is 271 g/mol. The summed E-state index contributed by atoms with van der Waals surface area (Å²) in [5.74, 6) is -0.352. The number of rotatable bonds is 3. The van der Waals surface area contributed by atoms with Gasteiger partial charge in [-0.2, -0.15) is 8.42 Å². The van der Waals surface area contributed by atoms with E-state index in [9.17, 15) is 17.1 Å². The summed E-state index contributed by atoms with van der Waals surface area (Å²) in [6.07, 6.45) is 0.538. The van der Waals surface area contributed by atoms with Crippen LogP contribution in [0.25, 0.3) is 0 Å². The molecule has 1 unspecified atom stereocenters. The van der Waals surface area contributed by atoms with E-state index in [4.69, 9.17) is 0 Å². The first-order valence-corrected chi connectivity index (χ1v) is 7.19. The smallest absolute Gasteiger partial charge is 0.307 e. The van der Waals surface area contributed by atoms with Crippen molar-refractivity contribution in [2.45, 2.75) is 25.0 Å². The van der Waals surface area contributed by atoms with Gasteiger partial charge in [0.2, 0.25) is 5.91 Å². The molecule has 0 saturated carbocycles. The number of halogens is 1. The van der Waals surface area contributed by atoms with Crippen LogP contribution in [0.5, 0.6) is 0 Å². The highest BCUT2D eigenvalue weighted by molar-refractivity contribution is 7.87. The van der Waals surface area contributed by atoms with Gasteiger partial charge in [-0.3, -0.25) is 4.79 Å². The molecule has 18 heavy (non-hydrogen) atoms. The van der Waals surface area contributed by atoms with E-state index in [1.165, 1.54) is 4.90 Å². The van der Waals surface area contributed by atoms with Crippen LogP contribution in [0.2, 0.25) is 0 Å². The zero-order valence-electron chi connectivity index (χ0n) is 9.97. The summed E-state index contributed by atoms with van der Waals surface area (Å²) in [6.45, 7) is 1.88. The third kappa shape index (κ3) is 2.53. The van der Waals surface area contributed by atoms with Crippen LogP contribution in [-0.2, 0) is 21.4 Å². The summed E-state index contributed by atoms with van der Waals surface area (Å²) in [4.78, 5) is 13.1. The molecule has 0 radical (unpaired) electrons. The fourth-order valence-electron chi connectivity index (χ4n) is 2.06. The Balaban J connectivity index is 2.27. The maximum atomic E-state index is 12.9. The highest BCUT2D eigenvalue weighted by Crippen LogP contribution is 2.26. The molecule has 1 aromatic carbocycles. The predicted molar refractivity (Wildman–Crippen MR) is 66.6 cm³/mol. The van der Waals surface area contributed by atoms with Crippen LogP contribution in [-0.4, -0.2) is 26.1 Å². The Labute approximate surface area is 106 Å². The van der Waals surface area contributed by atoms with Gasteiger partial charge in [0.1, 0.15) is 5.25 Å². The van der Waals surface area contributed by atoms with Crippen LogP contribution in [0.4, 0.5) is 9.57 Å². The first-order chi connectivity index (χ1) is 8.41. The van der Waals surface area contributed by atoms with Gasteiger partial charge in [0.25, 0.3) is 0 Å². The Morgan fingerprint density at radius 2 is 2.17 bits per heavy atom. The Bertz CT molecular complexity index is 570. The number of carbonyl (C=O) groups excluding carboxylic acids is 1. The number of hydrogen-bond donors (Lipinski definition) is 0. The van der Waals surface area contributed by atoms with Crippen LogP contribution in [0.15, 0.2) is 24.3 Å². The molecule has 1 saturated heterocycles. The molecule has 1 amide bonds. The average molecular weight is 271 g/mol. The second-order valence-electron chi connectivity index (χ2n) is 4.33. The molecule has 1 fully saturated rings. The zero-order chi connectivity index (χ0) is 13.3. The topological polar surface area (TPSA) is 54.5 Å². The van der Waals surface area contributed by atoms with Gasteiger partial charge in [0, 0.05) is 18.7 Å². The number of carbonyl (C=O) groups is 1. The van der Waals surface area contributed by atoms with E-state index >= 15 is 0 Å². The molecule has 0 spiro atoms. The van der Waals surface area contributed by atoms with Gasteiger partial charge in [-0.05, 0) is 24.1 Å². The fourth-order valence-corrected chi connectivity index (χ4v) is 2.73. The van der Waals surface area contributed by atoms with Gasteiger partial charge in [0.15, 0.2) is 0 Å². The van der Waals surface area contributed by atoms with Crippen molar-refractivity contribution in [1.82, 2.24) is 0 Å². The lowest BCUT2D eigenvalue weighted by Crippen LogP contribution is -2.26. The molecule has 2 rings (SSSR count). The molecular weight excluding hydrogens is 257 g/mol. The van der Waals surface area contributed by atoms with Gasteiger partial charge in [-0.1, -0.05) is 19.1 Å². The van der Waals surface area contributed by atoms with Crippen molar-refractivity contribution in [1.29, 1.82) is 0 Å². The zero-order valence-corrected chi connectivity index (χ0v) is 10.8. The van der Waals surface area contributed by atoms with E-state index in [0.29, 0.717) is 5.69 Å². The summed E-state index contributed by atoms with van der Waals surface area (Å²) >= 11 is 0. The third-order valence-corrected chi connectivity index (χ3v) is 4.23. The van der Waals surface area contributed by atoms with E-state index in [2.05, 4.69) is 0 Å². The molecule has 4 nitrogen and oxygen atoms in total. The van der Waals surface area contributed by atoms with Crippen molar-refractivity contribution in [3.05, 3.63) is 29.8 Å². The summed E-state index contributed by atoms with van der Waals surface area (Å²) in [6, 6.07) is 7.28. The SMILES string of the molecule is CCc1cccc(N2CC(S(=O)(=O)F)CC2=O)c1. The molecule has 1 heterocycles. The van der Waals surface area contributed by atoms with Crippen LogP contribution < -0.4 is 4.90 Å². The first-order valence-electron chi connectivity index (χ1n) is 5.74. The maximum Gasteiger partial charge on any atom is 0.307 e. The van der Waals surface area contributed by atoms with Gasteiger partial charge in [-0.25, -0.2) is 0 Å². The molecule has 0 aromatic heterocycles.